The van der Waals surface area contributed by atoms with Crippen LogP contribution in [0.2, 0.25) is 0 Å². The van der Waals surface area contributed by atoms with Gasteiger partial charge in [-0.2, -0.15) is 0 Å². The van der Waals surface area contributed by atoms with E-state index in [2.05, 4.69) is 19.8 Å². The number of imidazole rings is 1. The predicted octanol–water partition coefficient (Wildman–Crippen LogP) is 2.10. The Morgan fingerprint density at radius 2 is 2.00 bits per heavy atom. The van der Waals surface area contributed by atoms with Gasteiger partial charge in [0, 0.05) is 44.5 Å². The van der Waals surface area contributed by atoms with E-state index < -0.39 is 0 Å². The number of aryl methyl sites for hydroxylation is 1. The summed E-state index contributed by atoms with van der Waals surface area (Å²) in [6, 6.07) is 9.44. The summed E-state index contributed by atoms with van der Waals surface area (Å²) < 4.78 is 2.09. The van der Waals surface area contributed by atoms with E-state index in [4.69, 9.17) is 0 Å². The largest absolute Gasteiger partial charge is 0.352 e. The third kappa shape index (κ3) is 4.45. The number of nitrogens with zero attached hydrogens (tertiary/aromatic N) is 3. The third-order valence-electron chi connectivity index (χ3n) is 4.87. The molecule has 0 bridgehead atoms. The number of amides is 1. The molecule has 5 nitrogen and oxygen atoms in total. The smallest absolute Gasteiger partial charge is 0.251 e. The molecule has 128 valence electrons. The second-order valence-electron chi connectivity index (χ2n) is 6.57. The number of benzene rings is 1. The van der Waals surface area contributed by atoms with Gasteiger partial charge in [-0.25, -0.2) is 4.98 Å². The zero-order valence-electron chi connectivity index (χ0n) is 14.3. The number of likely N-dealkylation sites (tertiary alicyclic amines) is 1. The Morgan fingerprint density at radius 1 is 1.25 bits per heavy atom. The lowest BCUT2D eigenvalue weighted by Gasteiger charge is -2.31. The molecule has 0 aliphatic carbocycles. The maximum atomic E-state index is 12.1. The van der Waals surface area contributed by atoms with Crippen molar-refractivity contribution in [1.82, 2.24) is 19.8 Å². The molecule has 0 atom stereocenters. The van der Waals surface area contributed by atoms with Gasteiger partial charge in [-0.15, -0.1) is 0 Å². The summed E-state index contributed by atoms with van der Waals surface area (Å²) in [5.74, 6) is 1.77. The summed E-state index contributed by atoms with van der Waals surface area (Å²) in [5, 5.41) is 3.07. The third-order valence-corrected chi connectivity index (χ3v) is 4.87. The van der Waals surface area contributed by atoms with Crippen LogP contribution in [-0.2, 0) is 13.5 Å². The van der Waals surface area contributed by atoms with Crippen molar-refractivity contribution >= 4 is 5.91 Å². The second kappa shape index (κ2) is 8.11. The van der Waals surface area contributed by atoms with E-state index in [9.17, 15) is 4.79 Å². The molecule has 1 aromatic carbocycles. The first-order chi connectivity index (χ1) is 11.7. The maximum absolute atomic E-state index is 12.1. The Balaban J connectivity index is 1.36. The molecule has 1 N–H and O–H groups in total. The first-order valence-corrected chi connectivity index (χ1v) is 8.74. The van der Waals surface area contributed by atoms with Crippen LogP contribution >= 0.6 is 0 Å². The Kier molecular flexibility index (Phi) is 5.64. The topological polar surface area (TPSA) is 50.2 Å². The van der Waals surface area contributed by atoms with Crippen LogP contribution in [0.25, 0.3) is 0 Å². The van der Waals surface area contributed by atoms with Crippen LogP contribution in [0, 0.1) is 5.92 Å². The number of piperidine rings is 1. The normalized spacial score (nSPS) is 16.2. The SMILES string of the molecule is Cn1ccnc1CCN1CCC(CNC(=O)c2ccccc2)CC1. The van der Waals surface area contributed by atoms with Crippen LogP contribution in [0.1, 0.15) is 29.0 Å². The summed E-state index contributed by atoms with van der Waals surface area (Å²) in [4.78, 5) is 19.0. The van der Waals surface area contributed by atoms with E-state index in [-0.39, 0.29) is 5.91 Å². The number of hydrogen-bond donors (Lipinski definition) is 1. The molecule has 1 aliphatic heterocycles. The van der Waals surface area contributed by atoms with Crippen molar-refractivity contribution in [3.8, 4) is 0 Å². The molecular weight excluding hydrogens is 300 g/mol. The van der Waals surface area contributed by atoms with Crippen LogP contribution in [0.4, 0.5) is 0 Å². The molecule has 1 fully saturated rings. The summed E-state index contributed by atoms with van der Waals surface area (Å²) in [6.07, 6.45) is 7.15. The zero-order valence-corrected chi connectivity index (χ0v) is 14.3. The molecule has 1 aromatic heterocycles. The standard InChI is InChI=1S/C19H26N4O/c1-22-14-10-20-18(22)9-13-23-11-7-16(8-12-23)15-21-19(24)17-5-3-2-4-6-17/h2-6,10,14,16H,7-9,11-13,15H2,1H3,(H,21,24). The zero-order chi connectivity index (χ0) is 16.8. The van der Waals surface area contributed by atoms with Crippen molar-refractivity contribution < 1.29 is 4.79 Å². The van der Waals surface area contributed by atoms with Crippen molar-refractivity contribution in [2.75, 3.05) is 26.2 Å². The lowest BCUT2D eigenvalue weighted by atomic mass is 9.96. The molecule has 0 unspecified atom stereocenters. The van der Waals surface area contributed by atoms with E-state index in [1.807, 2.05) is 49.8 Å². The Morgan fingerprint density at radius 3 is 2.67 bits per heavy atom. The summed E-state index contributed by atoms with van der Waals surface area (Å²) in [7, 11) is 2.05. The van der Waals surface area contributed by atoms with E-state index in [1.165, 1.54) is 0 Å². The summed E-state index contributed by atoms with van der Waals surface area (Å²) in [6.45, 7) is 4.06. The number of rotatable bonds is 6. The highest BCUT2D eigenvalue weighted by Crippen LogP contribution is 2.17. The van der Waals surface area contributed by atoms with Gasteiger partial charge in [-0.1, -0.05) is 18.2 Å². The highest BCUT2D eigenvalue weighted by atomic mass is 16.1. The van der Waals surface area contributed by atoms with Gasteiger partial charge in [0.1, 0.15) is 5.82 Å². The molecular formula is C19H26N4O. The highest BCUT2D eigenvalue weighted by molar-refractivity contribution is 5.94. The van der Waals surface area contributed by atoms with E-state index in [0.717, 1.165) is 56.8 Å². The van der Waals surface area contributed by atoms with Crippen molar-refractivity contribution in [3.63, 3.8) is 0 Å². The van der Waals surface area contributed by atoms with Crippen molar-refractivity contribution in [1.29, 1.82) is 0 Å². The highest BCUT2D eigenvalue weighted by Gasteiger charge is 2.20. The Bertz CT molecular complexity index is 644. The van der Waals surface area contributed by atoms with Crippen LogP contribution in [0.3, 0.4) is 0 Å². The van der Waals surface area contributed by atoms with Crippen molar-refractivity contribution in [2.45, 2.75) is 19.3 Å². The van der Waals surface area contributed by atoms with Crippen LogP contribution < -0.4 is 5.32 Å². The van der Waals surface area contributed by atoms with E-state index in [1.54, 1.807) is 0 Å². The molecule has 1 aliphatic rings. The minimum absolute atomic E-state index is 0.0350. The van der Waals surface area contributed by atoms with E-state index >= 15 is 0 Å². The average molecular weight is 326 g/mol. The van der Waals surface area contributed by atoms with Crippen LogP contribution in [0.15, 0.2) is 42.7 Å². The Hall–Kier alpha value is -2.14. The molecule has 0 spiro atoms. The maximum Gasteiger partial charge on any atom is 0.251 e. The van der Waals surface area contributed by atoms with Crippen molar-refractivity contribution in [3.05, 3.63) is 54.1 Å². The number of aromatic nitrogens is 2. The molecule has 0 radical (unpaired) electrons. The Labute approximate surface area is 143 Å². The molecule has 5 heteroatoms. The van der Waals surface area contributed by atoms with Crippen LogP contribution in [0.5, 0.6) is 0 Å². The lowest BCUT2D eigenvalue weighted by Crippen LogP contribution is -2.39. The molecule has 1 saturated heterocycles. The van der Waals surface area contributed by atoms with Crippen molar-refractivity contribution in [2.24, 2.45) is 13.0 Å². The van der Waals surface area contributed by atoms with Gasteiger partial charge < -0.3 is 14.8 Å². The quantitative estimate of drug-likeness (QED) is 0.884. The molecule has 2 aromatic rings. The predicted molar refractivity (Wildman–Crippen MR) is 94.9 cm³/mol. The molecule has 0 saturated carbocycles. The monoisotopic (exact) mass is 326 g/mol. The molecule has 3 rings (SSSR count). The minimum Gasteiger partial charge on any atom is -0.352 e. The van der Waals surface area contributed by atoms with Gasteiger partial charge in [0.2, 0.25) is 0 Å². The first kappa shape index (κ1) is 16.7. The average Bonchev–Trinajstić information content (AvgIpc) is 3.04. The number of carbonyl (C=O) groups excluding carboxylic acids is 1. The van der Waals surface area contributed by atoms with Gasteiger partial charge in [0.05, 0.1) is 0 Å². The van der Waals surface area contributed by atoms with Gasteiger partial charge in [-0.05, 0) is 44.0 Å². The fourth-order valence-corrected chi connectivity index (χ4v) is 3.24. The van der Waals surface area contributed by atoms with Gasteiger partial charge in [0.25, 0.3) is 5.91 Å². The minimum atomic E-state index is 0.0350. The summed E-state index contributed by atoms with van der Waals surface area (Å²) >= 11 is 0. The van der Waals surface area contributed by atoms with Crippen LogP contribution in [-0.4, -0.2) is 46.5 Å². The number of carbonyl (C=O) groups is 1. The fraction of sp³-hybridized carbons (Fsp3) is 0.474. The van der Waals surface area contributed by atoms with Gasteiger partial charge in [0.15, 0.2) is 0 Å². The molecule has 24 heavy (non-hydrogen) atoms. The molecule has 2 heterocycles. The second-order valence-corrected chi connectivity index (χ2v) is 6.57. The first-order valence-electron chi connectivity index (χ1n) is 8.74. The lowest BCUT2D eigenvalue weighted by molar-refractivity contribution is 0.0936. The van der Waals surface area contributed by atoms with E-state index in [0.29, 0.717) is 5.92 Å². The number of hydrogen-bond acceptors (Lipinski definition) is 3. The number of nitrogens with one attached hydrogen (secondary N) is 1. The fourth-order valence-electron chi connectivity index (χ4n) is 3.24. The summed E-state index contributed by atoms with van der Waals surface area (Å²) in [5.41, 5.74) is 0.741. The van der Waals surface area contributed by atoms with Gasteiger partial charge in [-0.3, -0.25) is 4.79 Å². The molecule has 1 amide bonds. The van der Waals surface area contributed by atoms with Gasteiger partial charge >= 0.3 is 0 Å².